The Hall–Kier alpha value is -2.79. The lowest BCUT2D eigenvalue weighted by Crippen LogP contribution is -2.36. The molecule has 0 unspecified atom stereocenters. The fourth-order valence-electron chi connectivity index (χ4n) is 4.27. The van der Waals surface area contributed by atoms with Gasteiger partial charge in [0.15, 0.2) is 0 Å². The first-order chi connectivity index (χ1) is 13.8. The number of aryl methyl sites for hydroxylation is 2. The van der Waals surface area contributed by atoms with E-state index in [4.69, 9.17) is 4.74 Å². The topological polar surface area (TPSA) is 57.4 Å². The molecule has 28 heavy (non-hydrogen) atoms. The number of hydrogen-bond donors (Lipinski definition) is 2. The van der Waals surface area contributed by atoms with Crippen LogP contribution in [-0.4, -0.2) is 31.3 Å². The Morgan fingerprint density at radius 2 is 1.75 bits per heavy atom. The molecule has 2 aromatic carbocycles. The number of nitrogens with one attached hydrogen (secondary N) is 2. The number of pyridine rings is 1. The summed E-state index contributed by atoms with van der Waals surface area (Å²) < 4.78 is 5.41. The summed E-state index contributed by atoms with van der Waals surface area (Å²) in [6.45, 7) is 3.95. The van der Waals surface area contributed by atoms with Crippen molar-refractivity contribution in [3.63, 3.8) is 0 Å². The number of rotatable bonds is 4. The van der Waals surface area contributed by atoms with Gasteiger partial charge in [0.05, 0.1) is 13.2 Å². The van der Waals surface area contributed by atoms with Crippen LogP contribution in [0.25, 0.3) is 10.9 Å². The lowest BCUT2D eigenvalue weighted by molar-refractivity contribution is 0.122. The van der Waals surface area contributed by atoms with Gasteiger partial charge in [0, 0.05) is 42.1 Å². The Labute approximate surface area is 164 Å². The van der Waals surface area contributed by atoms with Gasteiger partial charge in [-0.25, -0.2) is 0 Å². The van der Waals surface area contributed by atoms with Gasteiger partial charge >= 0.3 is 0 Å². The predicted molar refractivity (Wildman–Crippen MR) is 113 cm³/mol. The summed E-state index contributed by atoms with van der Waals surface area (Å²) in [7, 11) is 0. The van der Waals surface area contributed by atoms with Crippen LogP contribution in [-0.2, 0) is 24.1 Å². The van der Waals surface area contributed by atoms with Gasteiger partial charge in [0.1, 0.15) is 0 Å². The summed E-state index contributed by atoms with van der Waals surface area (Å²) in [5, 5.41) is 4.51. The zero-order valence-corrected chi connectivity index (χ0v) is 16.0. The molecule has 2 heterocycles. The number of hydrogen-bond acceptors (Lipinski definition) is 4. The number of H-pyrrole nitrogens is 1. The zero-order chi connectivity index (χ0) is 18.9. The Morgan fingerprint density at radius 1 is 1.00 bits per heavy atom. The fourth-order valence-corrected chi connectivity index (χ4v) is 4.27. The first kappa shape index (κ1) is 17.3. The first-order valence-electron chi connectivity index (χ1n) is 10.1. The Bertz CT molecular complexity index is 1050. The molecule has 1 aliphatic carbocycles. The molecule has 2 aliphatic rings. The highest BCUT2D eigenvalue weighted by molar-refractivity contribution is 5.81. The Kier molecular flexibility index (Phi) is 4.53. The molecular weight excluding hydrogens is 350 g/mol. The molecule has 0 bridgehead atoms. The van der Waals surface area contributed by atoms with Gasteiger partial charge in [0.2, 0.25) is 0 Å². The van der Waals surface area contributed by atoms with E-state index in [9.17, 15) is 4.79 Å². The van der Waals surface area contributed by atoms with Crippen molar-refractivity contribution in [3.05, 3.63) is 69.5 Å². The highest BCUT2D eigenvalue weighted by Gasteiger charge is 2.13. The lowest BCUT2D eigenvalue weighted by atomic mass is 10.0. The number of fused-ring (bicyclic) bond motifs is 2. The van der Waals surface area contributed by atoms with Crippen LogP contribution in [0.2, 0.25) is 0 Å². The molecule has 144 valence electrons. The van der Waals surface area contributed by atoms with E-state index in [1.54, 1.807) is 0 Å². The van der Waals surface area contributed by atoms with E-state index < -0.39 is 0 Å². The minimum atomic E-state index is -0.0112. The van der Waals surface area contributed by atoms with Crippen LogP contribution in [0.15, 0.2) is 47.3 Å². The summed E-state index contributed by atoms with van der Waals surface area (Å²) in [5.74, 6) is 0. The molecule has 1 fully saturated rings. The van der Waals surface area contributed by atoms with Crippen LogP contribution in [0, 0.1) is 0 Å². The first-order valence-corrected chi connectivity index (χ1v) is 10.1. The van der Waals surface area contributed by atoms with Crippen LogP contribution >= 0.6 is 0 Å². The quantitative estimate of drug-likeness (QED) is 0.733. The number of anilines is 2. The minimum absolute atomic E-state index is 0.0112. The third-order valence-corrected chi connectivity index (χ3v) is 5.86. The summed E-state index contributed by atoms with van der Waals surface area (Å²) in [6.07, 6.45) is 3.48. The van der Waals surface area contributed by atoms with Gasteiger partial charge in [-0.3, -0.25) is 4.79 Å². The van der Waals surface area contributed by atoms with Crippen molar-refractivity contribution >= 4 is 22.3 Å². The van der Waals surface area contributed by atoms with Crippen molar-refractivity contribution in [2.75, 3.05) is 36.5 Å². The second-order valence-corrected chi connectivity index (χ2v) is 7.69. The summed E-state index contributed by atoms with van der Waals surface area (Å²) in [6, 6.07) is 14.8. The Balaban J connectivity index is 1.32. The lowest BCUT2D eigenvalue weighted by Gasteiger charge is -2.28. The molecule has 0 spiro atoms. The number of aromatic amines is 1. The average Bonchev–Trinajstić information content (AvgIpc) is 3.19. The van der Waals surface area contributed by atoms with Crippen molar-refractivity contribution in [3.8, 4) is 0 Å². The largest absolute Gasteiger partial charge is 0.381 e. The monoisotopic (exact) mass is 375 g/mol. The predicted octanol–water partition coefficient (Wildman–Crippen LogP) is 3.47. The van der Waals surface area contributed by atoms with Crippen molar-refractivity contribution in [2.24, 2.45) is 0 Å². The maximum Gasteiger partial charge on any atom is 0.253 e. The van der Waals surface area contributed by atoms with Crippen LogP contribution in [0.4, 0.5) is 11.4 Å². The maximum atomic E-state index is 12.5. The number of aromatic nitrogens is 1. The molecule has 5 heteroatoms. The Morgan fingerprint density at radius 3 is 2.54 bits per heavy atom. The molecule has 0 saturated carbocycles. The van der Waals surface area contributed by atoms with Gasteiger partial charge in [-0.05, 0) is 78.2 Å². The second-order valence-electron chi connectivity index (χ2n) is 7.69. The molecule has 1 aromatic heterocycles. The van der Waals surface area contributed by atoms with Crippen LogP contribution in [0.3, 0.4) is 0 Å². The summed E-state index contributed by atoms with van der Waals surface area (Å²) in [5.41, 5.74) is 6.75. The molecule has 5 rings (SSSR count). The molecular formula is C23H25N3O2. The normalized spacial score (nSPS) is 16.4. The highest BCUT2D eigenvalue weighted by atomic mass is 16.5. The SMILES string of the molecule is O=c1[nH]c2cc3c(cc2cc1CNc1ccc(N2CCOCC2)cc1)CCC3. The number of nitrogens with zero attached hydrogens (tertiary/aromatic N) is 1. The third kappa shape index (κ3) is 3.38. The van der Waals surface area contributed by atoms with Crippen molar-refractivity contribution < 1.29 is 4.74 Å². The molecule has 5 nitrogen and oxygen atoms in total. The molecule has 3 aromatic rings. The van der Waals surface area contributed by atoms with Crippen LogP contribution in [0.1, 0.15) is 23.1 Å². The minimum Gasteiger partial charge on any atom is -0.381 e. The maximum absolute atomic E-state index is 12.5. The van der Waals surface area contributed by atoms with Gasteiger partial charge in [-0.15, -0.1) is 0 Å². The molecule has 2 N–H and O–H groups in total. The zero-order valence-electron chi connectivity index (χ0n) is 16.0. The smallest absolute Gasteiger partial charge is 0.253 e. The highest BCUT2D eigenvalue weighted by Crippen LogP contribution is 2.26. The number of ether oxygens (including phenoxy) is 1. The summed E-state index contributed by atoms with van der Waals surface area (Å²) in [4.78, 5) is 17.9. The van der Waals surface area contributed by atoms with Gasteiger partial charge < -0.3 is 19.9 Å². The fraction of sp³-hybridized carbons (Fsp3) is 0.348. The van der Waals surface area contributed by atoms with Gasteiger partial charge in [-0.1, -0.05) is 0 Å². The number of benzene rings is 2. The standard InChI is InChI=1S/C23H25N3O2/c27-23-19(13-18-12-16-2-1-3-17(16)14-22(18)25-23)15-24-20-4-6-21(7-5-20)26-8-10-28-11-9-26/h4-7,12-14,24H,1-3,8-11,15H2,(H,25,27). The van der Waals surface area contributed by atoms with Crippen molar-refractivity contribution in [2.45, 2.75) is 25.8 Å². The third-order valence-electron chi connectivity index (χ3n) is 5.86. The molecule has 1 aliphatic heterocycles. The summed E-state index contributed by atoms with van der Waals surface area (Å²) >= 11 is 0. The molecule has 1 saturated heterocycles. The molecule has 0 atom stereocenters. The van der Waals surface area contributed by atoms with Gasteiger partial charge in [0.25, 0.3) is 5.56 Å². The van der Waals surface area contributed by atoms with Gasteiger partial charge in [-0.2, -0.15) is 0 Å². The van der Waals surface area contributed by atoms with E-state index in [2.05, 4.69) is 51.6 Å². The van der Waals surface area contributed by atoms with Crippen molar-refractivity contribution in [1.82, 2.24) is 4.98 Å². The van der Waals surface area contributed by atoms with Crippen molar-refractivity contribution in [1.29, 1.82) is 0 Å². The van der Waals surface area contributed by atoms with E-state index in [0.29, 0.717) is 6.54 Å². The van der Waals surface area contributed by atoms with E-state index in [1.165, 1.54) is 23.2 Å². The molecule has 0 radical (unpaired) electrons. The van der Waals surface area contributed by atoms with E-state index in [0.717, 1.165) is 61.3 Å². The second kappa shape index (κ2) is 7.32. The van der Waals surface area contributed by atoms with E-state index in [-0.39, 0.29) is 5.56 Å². The van der Waals surface area contributed by atoms with E-state index in [1.807, 2.05) is 6.07 Å². The van der Waals surface area contributed by atoms with E-state index >= 15 is 0 Å². The van der Waals surface area contributed by atoms with Crippen LogP contribution in [0.5, 0.6) is 0 Å². The number of morpholine rings is 1. The molecule has 0 amide bonds. The average molecular weight is 375 g/mol. The van der Waals surface area contributed by atoms with Crippen LogP contribution < -0.4 is 15.8 Å².